The number of anilines is 2. The molecule has 4 nitrogen and oxygen atoms in total. The summed E-state index contributed by atoms with van der Waals surface area (Å²) < 4.78 is 13.8. The van der Waals surface area contributed by atoms with Gasteiger partial charge >= 0.3 is 5.97 Å². The van der Waals surface area contributed by atoms with Gasteiger partial charge in [-0.2, -0.15) is 0 Å². The molecule has 1 unspecified atom stereocenters. The molecular weight excluding hydrogens is 247 g/mol. The van der Waals surface area contributed by atoms with Crippen LogP contribution in [0.15, 0.2) is 12.1 Å². The van der Waals surface area contributed by atoms with Gasteiger partial charge in [-0.25, -0.2) is 9.18 Å². The van der Waals surface area contributed by atoms with E-state index < -0.39 is 11.8 Å². The van der Waals surface area contributed by atoms with Gasteiger partial charge in [0.2, 0.25) is 0 Å². The average Bonchev–Trinajstić information content (AvgIpc) is 3.14. The third kappa shape index (κ3) is 3.36. The van der Waals surface area contributed by atoms with Crippen LogP contribution in [0, 0.1) is 11.7 Å². The van der Waals surface area contributed by atoms with Crippen molar-refractivity contribution in [1.82, 2.24) is 0 Å². The van der Waals surface area contributed by atoms with Gasteiger partial charge in [-0.15, -0.1) is 0 Å². The molecule has 0 aromatic heterocycles. The van der Waals surface area contributed by atoms with Crippen LogP contribution in [0.3, 0.4) is 0 Å². The van der Waals surface area contributed by atoms with E-state index >= 15 is 0 Å². The Morgan fingerprint density at radius 2 is 2.26 bits per heavy atom. The lowest BCUT2D eigenvalue weighted by Crippen LogP contribution is -2.20. The second-order valence-corrected chi connectivity index (χ2v) is 5.15. The molecule has 0 saturated heterocycles. The lowest BCUT2D eigenvalue weighted by atomic mass is 10.1. The highest BCUT2D eigenvalue weighted by atomic mass is 19.1. The number of nitrogens with two attached hydrogens (primary N) is 1. The van der Waals surface area contributed by atoms with Crippen LogP contribution in [0.25, 0.3) is 0 Å². The maximum atomic E-state index is 13.8. The zero-order valence-corrected chi connectivity index (χ0v) is 10.9. The van der Waals surface area contributed by atoms with E-state index in [1.165, 1.54) is 18.9 Å². The lowest BCUT2D eigenvalue weighted by molar-refractivity contribution is 0.0698. The quantitative estimate of drug-likeness (QED) is 0.692. The fourth-order valence-electron chi connectivity index (χ4n) is 2.19. The second kappa shape index (κ2) is 5.47. The van der Waals surface area contributed by atoms with E-state index in [0.717, 1.165) is 24.8 Å². The maximum Gasteiger partial charge on any atom is 0.337 e. The Bertz CT molecular complexity index is 487. The van der Waals surface area contributed by atoms with Crippen LogP contribution in [-0.2, 0) is 0 Å². The molecule has 1 aliphatic rings. The fraction of sp³-hybridized carbons (Fsp3) is 0.500. The van der Waals surface area contributed by atoms with E-state index in [1.807, 2.05) is 6.92 Å². The third-order valence-corrected chi connectivity index (χ3v) is 3.54. The van der Waals surface area contributed by atoms with E-state index in [4.69, 9.17) is 10.8 Å². The number of rotatable bonds is 6. The number of nitrogen functional groups attached to an aromatic ring is 1. The highest BCUT2D eigenvalue weighted by molar-refractivity contribution is 5.94. The molecular formula is C14H19FN2O2. The van der Waals surface area contributed by atoms with Crippen LogP contribution in [-0.4, -0.2) is 17.1 Å². The fourth-order valence-corrected chi connectivity index (χ4v) is 2.19. The van der Waals surface area contributed by atoms with Gasteiger partial charge in [0.15, 0.2) is 0 Å². The first-order chi connectivity index (χ1) is 9.01. The molecule has 1 fully saturated rings. The number of benzene rings is 1. The van der Waals surface area contributed by atoms with Gasteiger partial charge in [0.1, 0.15) is 5.82 Å². The molecule has 0 heterocycles. The minimum absolute atomic E-state index is 0.0502. The number of hydrogen-bond donors (Lipinski definition) is 3. The third-order valence-electron chi connectivity index (χ3n) is 3.54. The Kier molecular flexibility index (Phi) is 3.93. The largest absolute Gasteiger partial charge is 0.478 e. The summed E-state index contributed by atoms with van der Waals surface area (Å²) >= 11 is 0. The molecule has 0 amide bonds. The highest BCUT2D eigenvalue weighted by Gasteiger charge is 2.25. The number of carboxylic acids is 1. The molecule has 104 valence electrons. The predicted molar refractivity (Wildman–Crippen MR) is 72.8 cm³/mol. The monoisotopic (exact) mass is 266 g/mol. The van der Waals surface area contributed by atoms with Crippen molar-refractivity contribution in [3.8, 4) is 0 Å². The summed E-state index contributed by atoms with van der Waals surface area (Å²) in [4.78, 5) is 11.0. The first-order valence-corrected chi connectivity index (χ1v) is 6.60. The Morgan fingerprint density at radius 3 is 2.79 bits per heavy atom. The molecule has 1 atom stereocenters. The van der Waals surface area contributed by atoms with Gasteiger partial charge in [0.25, 0.3) is 0 Å². The van der Waals surface area contributed by atoms with Crippen molar-refractivity contribution in [2.45, 2.75) is 38.6 Å². The highest BCUT2D eigenvalue weighted by Crippen LogP contribution is 2.35. The number of halogens is 1. The summed E-state index contributed by atoms with van der Waals surface area (Å²) in [5.41, 5.74) is 5.60. The maximum absolute atomic E-state index is 13.8. The molecule has 2 rings (SSSR count). The first-order valence-electron chi connectivity index (χ1n) is 6.60. The molecule has 0 radical (unpaired) electrons. The van der Waals surface area contributed by atoms with Crippen LogP contribution in [0.2, 0.25) is 0 Å². The van der Waals surface area contributed by atoms with Crippen LogP contribution < -0.4 is 11.1 Å². The normalized spacial score (nSPS) is 16.1. The Hall–Kier alpha value is -1.78. The summed E-state index contributed by atoms with van der Waals surface area (Å²) in [5.74, 6) is -0.916. The lowest BCUT2D eigenvalue weighted by Gasteiger charge is -2.19. The molecule has 1 aromatic rings. The smallest absolute Gasteiger partial charge is 0.337 e. The molecule has 19 heavy (non-hydrogen) atoms. The number of aromatic carboxylic acids is 1. The van der Waals surface area contributed by atoms with Crippen molar-refractivity contribution < 1.29 is 14.3 Å². The van der Waals surface area contributed by atoms with Crippen molar-refractivity contribution in [3.63, 3.8) is 0 Å². The van der Waals surface area contributed by atoms with E-state index in [2.05, 4.69) is 5.32 Å². The number of carbonyl (C=O) groups is 1. The van der Waals surface area contributed by atoms with E-state index in [9.17, 15) is 9.18 Å². The van der Waals surface area contributed by atoms with Crippen LogP contribution in [0.5, 0.6) is 0 Å². The van der Waals surface area contributed by atoms with Crippen molar-refractivity contribution in [2.24, 2.45) is 5.92 Å². The van der Waals surface area contributed by atoms with Crippen molar-refractivity contribution in [3.05, 3.63) is 23.5 Å². The zero-order valence-electron chi connectivity index (χ0n) is 10.9. The summed E-state index contributed by atoms with van der Waals surface area (Å²) in [6, 6.07) is 2.52. The number of carboxylic acid groups (broad SMARTS) is 1. The zero-order chi connectivity index (χ0) is 14.0. The first kappa shape index (κ1) is 13.6. The Labute approximate surface area is 111 Å². The van der Waals surface area contributed by atoms with E-state index in [0.29, 0.717) is 0 Å². The van der Waals surface area contributed by atoms with E-state index in [1.54, 1.807) is 0 Å². The second-order valence-electron chi connectivity index (χ2n) is 5.15. The van der Waals surface area contributed by atoms with Crippen molar-refractivity contribution in [2.75, 3.05) is 11.1 Å². The van der Waals surface area contributed by atoms with Gasteiger partial charge in [0, 0.05) is 11.7 Å². The van der Waals surface area contributed by atoms with Crippen LogP contribution >= 0.6 is 0 Å². The summed E-state index contributed by atoms with van der Waals surface area (Å²) in [6.45, 7) is 2.04. The topological polar surface area (TPSA) is 75.3 Å². The number of nitrogens with one attached hydrogen (secondary N) is 1. The summed E-state index contributed by atoms with van der Waals surface area (Å²) in [6.07, 6.45) is 4.36. The minimum atomic E-state index is -1.14. The van der Waals surface area contributed by atoms with Gasteiger partial charge in [-0.05, 0) is 30.9 Å². The predicted octanol–water partition coefficient (Wildman–Crippen LogP) is 3.10. The Balaban J connectivity index is 2.17. The molecule has 0 spiro atoms. The Morgan fingerprint density at radius 1 is 1.58 bits per heavy atom. The summed E-state index contributed by atoms with van der Waals surface area (Å²) in [7, 11) is 0. The van der Waals surface area contributed by atoms with Gasteiger partial charge in [0.05, 0.1) is 11.3 Å². The number of hydrogen-bond acceptors (Lipinski definition) is 3. The standard InChI is InChI=1S/C14H19FN2O2/c1-2-9(5-8-3-4-8)17-13-6-10(14(18)19)12(16)7-11(13)15/h6-9,17H,2-5,16H2,1H3,(H,18,19). The molecule has 1 aliphatic carbocycles. The van der Waals surface area contributed by atoms with Gasteiger partial charge in [-0.3, -0.25) is 0 Å². The SMILES string of the molecule is CCC(CC1CC1)Nc1cc(C(=O)O)c(N)cc1F. The van der Waals surface area contributed by atoms with Crippen molar-refractivity contribution in [1.29, 1.82) is 0 Å². The van der Waals surface area contributed by atoms with Gasteiger partial charge < -0.3 is 16.2 Å². The van der Waals surface area contributed by atoms with Crippen LogP contribution in [0.1, 0.15) is 43.0 Å². The van der Waals surface area contributed by atoms with Gasteiger partial charge in [-0.1, -0.05) is 19.8 Å². The molecule has 1 aromatic carbocycles. The molecule has 1 saturated carbocycles. The average molecular weight is 266 g/mol. The molecule has 4 N–H and O–H groups in total. The van der Waals surface area contributed by atoms with Crippen LogP contribution in [0.4, 0.5) is 15.8 Å². The molecule has 5 heteroatoms. The van der Waals surface area contributed by atoms with E-state index in [-0.39, 0.29) is 23.0 Å². The van der Waals surface area contributed by atoms with Crippen molar-refractivity contribution >= 4 is 17.3 Å². The molecule has 0 aliphatic heterocycles. The molecule has 0 bridgehead atoms. The minimum Gasteiger partial charge on any atom is -0.478 e. The summed E-state index contributed by atoms with van der Waals surface area (Å²) in [5, 5.41) is 12.1.